The minimum atomic E-state index is -1.82. The van der Waals surface area contributed by atoms with Gasteiger partial charge in [-0.25, -0.2) is 0 Å². The van der Waals surface area contributed by atoms with E-state index in [9.17, 15) is 0 Å². The van der Waals surface area contributed by atoms with Crippen molar-refractivity contribution in [2.45, 2.75) is 105 Å². The van der Waals surface area contributed by atoms with Crippen LogP contribution in [0.2, 0.25) is 45.3 Å². The highest BCUT2D eigenvalue weighted by Gasteiger charge is 2.35. The molecular weight excluding hydrogens is 481 g/mol. The monoisotopic (exact) mass is 534 g/mol. The number of hydrogen-bond acceptors (Lipinski definition) is 3. The molecule has 0 bridgehead atoms. The topological polar surface area (TPSA) is 15.7 Å². The van der Waals surface area contributed by atoms with E-state index in [2.05, 4.69) is 103 Å². The fraction of sp³-hybridized carbons (Fsp3) is 0.778. The van der Waals surface area contributed by atoms with E-state index in [1.807, 2.05) is 0 Å². The van der Waals surface area contributed by atoms with Crippen LogP contribution in [0.5, 0.6) is 0 Å². The molecule has 3 nitrogen and oxygen atoms in total. The first kappa shape index (κ1) is 32.0. The summed E-state index contributed by atoms with van der Waals surface area (Å²) in [7, 11) is -1.93. The van der Waals surface area contributed by atoms with Crippen molar-refractivity contribution in [3.05, 3.63) is 23.3 Å². The lowest BCUT2D eigenvalue weighted by atomic mass is 10.0. The van der Waals surface area contributed by atoms with Crippen molar-refractivity contribution in [3.63, 3.8) is 0 Å². The number of benzene rings is 1. The maximum Gasteiger partial charge on any atom is 0.193 e. The molecule has 0 N–H and O–H groups in total. The van der Waals surface area contributed by atoms with Crippen LogP contribution in [0.4, 0.5) is 0 Å². The Morgan fingerprint density at radius 3 is 1.82 bits per heavy atom. The third-order valence-electron chi connectivity index (χ3n) is 7.40. The van der Waals surface area contributed by atoms with E-state index < -0.39 is 25.9 Å². The van der Waals surface area contributed by atoms with Crippen LogP contribution in [-0.2, 0) is 10.8 Å². The number of hydrogen-bond donors (Lipinski definition) is 0. The summed E-state index contributed by atoms with van der Waals surface area (Å²) in [6, 6.07) is 6.30. The smallest absolute Gasteiger partial charge is 0.193 e. The Balaban J connectivity index is 3.40. The van der Waals surface area contributed by atoms with E-state index in [0.29, 0.717) is 11.3 Å². The molecule has 0 saturated heterocycles. The van der Waals surface area contributed by atoms with Gasteiger partial charge in [0.2, 0.25) is 0 Å². The summed E-state index contributed by atoms with van der Waals surface area (Å²) in [5.41, 5.74) is 3.84. The van der Waals surface area contributed by atoms with Gasteiger partial charge in [0.1, 0.15) is 0 Å². The third kappa shape index (κ3) is 8.25. The molecule has 0 saturated carbocycles. The molecule has 4 radical (unpaired) electrons. The fourth-order valence-corrected chi connectivity index (χ4v) is 13.3. The van der Waals surface area contributed by atoms with Gasteiger partial charge >= 0.3 is 0 Å². The van der Waals surface area contributed by atoms with Gasteiger partial charge in [-0.2, -0.15) is 0 Å². The van der Waals surface area contributed by atoms with Gasteiger partial charge in [0.15, 0.2) is 8.32 Å². The van der Waals surface area contributed by atoms with Crippen LogP contribution in [0, 0.1) is 0 Å². The zero-order chi connectivity index (χ0) is 26.1. The molecule has 194 valence electrons. The lowest BCUT2D eigenvalue weighted by molar-refractivity contribution is 0.115. The van der Waals surface area contributed by atoms with Crippen molar-refractivity contribution in [2.75, 3.05) is 32.8 Å². The van der Waals surface area contributed by atoms with Crippen LogP contribution in [0.15, 0.2) is 12.1 Å². The summed E-state index contributed by atoms with van der Waals surface area (Å²) in [4.78, 5) is 5.33. The highest BCUT2D eigenvalue weighted by atomic mass is 28.4. The van der Waals surface area contributed by atoms with Crippen LogP contribution >= 0.6 is 0 Å². The van der Waals surface area contributed by atoms with Crippen molar-refractivity contribution in [2.24, 2.45) is 0 Å². The van der Waals surface area contributed by atoms with Crippen molar-refractivity contribution < 1.29 is 4.43 Å². The average Bonchev–Trinajstić information content (AvgIpc) is 2.79. The second-order valence-electron chi connectivity index (χ2n) is 10.3. The van der Waals surface area contributed by atoms with Gasteiger partial charge in [-0.1, -0.05) is 89.4 Å². The molecule has 0 fully saturated rings. The fourth-order valence-electron chi connectivity index (χ4n) is 5.14. The third-order valence-corrected chi connectivity index (χ3v) is 15.7. The average molecular weight is 535 g/mol. The van der Waals surface area contributed by atoms with Crippen LogP contribution < -0.4 is 10.4 Å². The second kappa shape index (κ2) is 15.3. The maximum atomic E-state index is 6.45. The Morgan fingerprint density at radius 1 is 0.882 bits per heavy atom. The SMILES string of the molecule is CCO[Si](C)(C)C(C)c1c(CC[Si]C(N(CC)CC)N(CC)CC)ccc([Si](C)C)c1[Si](C)C. The van der Waals surface area contributed by atoms with Gasteiger partial charge in [-0.15, -0.1) is 0 Å². The van der Waals surface area contributed by atoms with E-state index in [1.54, 1.807) is 21.5 Å². The molecule has 34 heavy (non-hydrogen) atoms. The van der Waals surface area contributed by atoms with Crippen molar-refractivity contribution >= 4 is 45.8 Å². The molecule has 1 atom stereocenters. The lowest BCUT2D eigenvalue weighted by Crippen LogP contribution is -2.52. The summed E-state index contributed by atoms with van der Waals surface area (Å²) >= 11 is 0. The molecule has 0 aliphatic rings. The molecule has 0 amide bonds. The first-order valence-electron chi connectivity index (χ1n) is 13.6. The first-order chi connectivity index (χ1) is 16.0. The van der Waals surface area contributed by atoms with E-state index in [1.165, 1.54) is 12.5 Å². The van der Waals surface area contributed by atoms with Gasteiger partial charge in [-0.3, -0.25) is 9.80 Å². The first-order valence-corrected chi connectivity index (χ1v) is 22.9. The summed E-state index contributed by atoms with van der Waals surface area (Å²) in [5, 5.41) is 3.43. The minimum Gasteiger partial charge on any atom is -0.417 e. The Kier molecular flexibility index (Phi) is 14.4. The quantitative estimate of drug-likeness (QED) is 0.216. The zero-order valence-electron chi connectivity index (χ0n) is 24.6. The highest BCUT2D eigenvalue weighted by molar-refractivity contribution is 6.83. The van der Waals surface area contributed by atoms with E-state index in [4.69, 9.17) is 4.43 Å². The molecule has 0 aromatic heterocycles. The predicted octanol–water partition coefficient (Wildman–Crippen LogP) is 5.13. The largest absolute Gasteiger partial charge is 0.417 e. The highest BCUT2D eigenvalue weighted by Crippen LogP contribution is 2.30. The Morgan fingerprint density at radius 2 is 1.41 bits per heavy atom. The molecule has 1 rings (SSSR count). The Labute approximate surface area is 220 Å². The molecule has 7 heteroatoms. The van der Waals surface area contributed by atoms with Crippen LogP contribution in [0.1, 0.15) is 58.2 Å². The summed E-state index contributed by atoms with van der Waals surface area (Å²) in [5.74, 6) is 0.580. The van der Waals surface area contributed by atoms with E-state index >= 15 is 0 Å². The van der Waals surface area contributed by atoms with Crippen LogP contribution in [-0.4, -0.2) is 83.8 Å². The molecule has 0 heterocycles. The minimum absolute atomic E-state index is 0.495. The van der Waals surface area contributed by atoms with Gasteiger partial charge < -0.3 is 4.43 Å². The molecule has 0 aliphatic carbocycles. The number of nitrogens with zero attached hydrogens (tertiary/aromatic N) is 2. The second-order valence-corrected chi connectivity index (χ2v) is 21.2. The van der Waals surface area contributed by atoms with Crippen molar-refractivity contribution in [3.8, 4) is 0 Å². The lowest BCUT2D eigenvalue weighted by Gasteiger charge is -2.38. The Hall–Kier alpha value is -0.0325. The van der Waals surface area contributed by atoms with Crippen molar-refractivity contribution in [1.29, 1.82) is 0 Å². The molecule has 0 aliphatic heterocycles. The van der Waals surface area contributed by atoms with Gasteiger partial charge in [0.25, 0.3) is 0 Å². The van der Waals surface area contributed by atoms with Crippen LogP contribution in [0.25, 0.3) is 0 Å². The molecule has 1 aromatic carbocycles. The predicted molar refractivity (Wildman–Crippen MR) is 162 cm³/mol. The maximum absolute atomic E-state index is 6.45. The van der Waals surface area contributed by atoms with E-state index in [0.717, 1.165) is 42.3 Å². The summed E-state index contributed by atoms with van der Waals surface area (Å²) in [6.07, 6.45) is 1.20. The van der Waals surface area contributed by atoms with Gasteiger partial charge in [0, 0.05) is 17.9 Å². The number of aryl methyl sites for hydroxylation is 1. The molecule has 0 spiro atoms. The van der Waals surface area contributed by atoms with Crippen molar-refractivity contribution in [1.82, 2.24) is 9.80 Å². The van der Waals surface area contributed by atoms with E-state index in [-0.39, 0.29) is 0 Å². The van der Waals surface area contributed by atoms with Crippen LogP contribution in [0.3, 0.4) is 0 Å². The number of rotatable bonds is 16. The Bertz CT molecular complexity index is 707. The van der Waals surface area contributed by atoms with Gasteiger partial charge in [0.05, 0.1) is 27.1 Å². The standard InChI is InChI=1S/C27H54N2OSi4/c1-13-28(14-2)27(29(15-3)16-4)31-21-20-23-18-19-24(32(7)8)26(33(9)10)25(23)22(6)34(11,12)30-17-5/h18-19,22,27H,13-17,20-21H2,1-12H3. The zero-order valence-corrected chi connectivity index (χ0v) is 28.6. The summed E-state index contributed by atoms with van der Waals surface area (Å²) in [6.45, 7) is 34.1. The van der Waals surface area contributed by atoms with Gasteiger partial charge in [-0.05, 0) is 63.7 Å². The molecular formula is C27H54N2OSi4. The molecule has 1 unspecified atom stereocenters. The normalized spacial score (nSPS) is 13.8. The summed E-state index contributed by atoms with van der Waals surface area (Å²) < 4.78 is 6.45. The molecule has 1 aromatic rings.